The van der Waals surface area contributed by atoms with Gasteiger partial charge < -0.3 is 0 Å². The summed E-state index contributed by atoms with van der Waals surface area (Å²) in [5.74, 6) is 0. The second-order valence-corrected chi connectivity index (χ2v) is 6.22. The van der Waals surface area contributed by atoms with Crippen LogP contribution in [-0.4, -0.2) is 0 Å². The van der Waals surface area contributed by atoms with E-state index in [-0.39, 0.29) is 4.83 Å². The lowest BCUT2D eigenvalue weighted by Crippen LogP contribution is -1.96. The van der Waals surface area contributed by atoms with E-state index in [9.17, 15) is 0 Å². The molecule has 0 bridgehead atoms. The van der Waals surface area contributed by atoms with E-state index in [1.54, 1.807) is 0 Å². The normalized spacial score (nSPS) is 12.4. The van der Waals surface area contributed by atoms with Crippen LogP contribution in [0.3, 0.4) is 0 Å². The molecule has 3 heteroatoms. The minimum Gasteiger partial charge on any atom is -0.0843 e. The molecule has 0 aliphatic rings. The molecule has 0 aliphatic carbocycles. The van der Waals surface area contributed by atoms with E-state index in [4.69, 9.17) is 11.6 Å². The van der Waals surface area contributed by atoms with Gasteiger partial charge in [0.25, 0.3) is 0 Å². The lowest BCUT2D eigenvalue weighted by molar-refractivity contribution is 0.943. The van der Waals surface area contributed by atoms with Gasteiger partial charge in [0.05, 0.1) is 0 Å². The zero-order valence-electron chi connectivity index (χ0n) is 9.04. The number of alkyl halides is 1. The van der Waals surface area contributed by atoms with Crippen LogP contribution in [0.4, 0.5) is 0 Å². The lowest BCUT2D eigenvalue weighted by atomic mass is 10.0. The molecule has 17 heavy (non-hydrogen) atoms. The van der Waals surface area contributed by atoms with Gasteiger partial charge in [0.2, 0.25) is 0 Å². The van der Waals surface area contributed by atoms with Crippen LogP contribution in [0, 0.1) is 0 Å². The molecule has 0 heterocycles. The first-order valence-electron chi connectivity index (χ1n) is 5.30. The first-order chi connectivity index (χ1) is 8.16. The number of hydrogen-bond acceptors (Lipinski definition) is 0. The Labute approximate surface area is 123 Å². The number of hydrogen-bond donors (Lipinski definition) is 0. The van der Waals surface area contributed by atoms with Gasteiger partial charge in [0.1, 0.15) is 0 Å². The van der Waals surface area contributed by atoms with Crippen molar-refractivity contribution >= 4 is 43.5 Å². The van der Waals surface area contributed by atoms with Crippen molar-refractivity contribution in [2.24, 2.45) is 0 Å². The highest BCUT2D eigenvalue weighted by atomic mass is 79.9. The van der Waals surface area contributed by atoms with Gasteiger partial charge in [0.15, 0.2) is 0 Å². The molecule has 0 fully saturated rings. The Kier molecular flexibility index (Phi) is 4.66. The number of rotatable bonds is 3. The van der Waals surface area contributed by atoms with Gasteiger partial charge in [0, 0.05) is 14.3 Å². The average molecular weight is 375 g/mol. The Hall–Kier alpha value is -0.310. The highest BCUT2D eigenvalue weighted by Gasteiger charge is 2.12. The van der Waals surface area contributed by atoms with Crippen LogP contribution >= 0.6 is 43.5 Å². The third kappa shape index (κ3) is 3.57. The highest BCUT2D eigenvalue weighted by Crippen LogP contribution is 2.34. The Bertz CT molecular complexity index is 497. The fourth-order valence-electron chi connectivity index (χ4n) is 1.69. The third-order valence-corrected chi connectivity index (χ3v) is 4.33. The van der Waals surface area contributed by atoms with E-state index >= 15 is 0 Å². The highest BCUT2D eigenvalue weighted by molar-refractivity contribution is 9.11. The predicted octanol–water partition coefficient (Wildman–Crippen LogP) is 5.78. The summed E-state index contributed by atoms with van der Waals surface area (Å²) in [5.41, 5.74) is 2.49. The zero-order valence-corrected chi connectivity index (χ0v) is 13.0. The largest absolute Gasteiger partial charge is 0.0843 e. The van der Waals surface area contributed by atoms with Crippen LogP contribution in [0.25, 0.3) is 0 Å². The van der Waals surface area contributed by atoms with E-state index in [1.807, 2.05) is 24.3 Å². The average Bonchev–Trinajstić information content (AvgIpc) is 2.33. The predicted molar refractivity (Wildman–Crippen MR) is 81.0 cm³/mol. The molecule has 0 aliphatic heterocycles. The van der Waals surface area contributed by atoms with Gasteiger partial charge in [-0.3, -0.25) is 0 Å². The fraction of sp³-hybridized carbons (Fsp3) is 0.143. The Morgan fingerprint density at radius 1 is 1.06 bits per heavy atom. The molecule has 0 saturated heterocycles. The second kappa shape index (κ2) is 6.03. The smallest absolute Gasteiger partial charge is 0.0447 e. The van der Waals surface area contributed by atoms with Crippen LogP contribution in [0.1, 0.15) is 16.0 Å². The summed E-state index contributed by atoms with van der Waals surface area (Å²) in [5, 5.41) is 0.765. The van der Waals surface area contributed by atoms with Crippen molar-refractivity contribution in [3.8, 4) is 0 Å². The van der Waals surface area contributed by atoms with Crippen molar-refractivity contribution in [2.45, 2.75) is 11.2 Å². The van der Waals surface area contributed by atoms with Crippen LogP contribution in [0.2, 0.25) is 5.02 Å². The van der Waals surface area contributed by atoms with Gasteiger partial charge in [-0.15, -0.1) is 0 Å². The molecule has 88 valence electrons. The van der Waals surface area contributed by atoms with Crippen LogP contribution in [0.15, 0.2) is 53.0 Å². The summed E-state index contributed by atoms with van der Waals surface area (Å²) in [7, 11) is 0. The minimum atomic E-state index is 0.262. The lowest BCUT2D eigenvalue weighted by Gasteiger charge is -2.12. The van der Waals surface area contributed by atoms with Gasteiger partial charge in [-0.25, -0.2) is 0 Å². The molecule has 0 radical (unpaired) electrons. The van der Waals surface area contributed by atoms with E-state index < -0.39 is 0 Å². The molecule has 1 atom stereocenters. The molecule has 0 N–H and O–H groups in total. The molecule has 0 amide bonds. The Morgan fingerprint density at radius 2 is 1.76 bits per heavy atom. The van der Waals surface area contributed by atoms with Crippen molar-refractivity contribution in [1.82, 2.24) is 0 Å². The summed E-state index contributed by atoms with van der Waals surface area (Å²) in [6.45, 7) is 0. The molecule has 2 rings (SSSR count). The number of benzene rings is 2. The summed E-state index contributed by atoms with van der Waals surface area (Å²) in [6.07, 6.45) is 0.944. The minimum absolute atomic E-state index is 0.262. The van der Waals surface area contributed by atoms with Crippen LogP contribution in [-0.2, 0) is 6.42 Å². The molecule has 0 nitrogen and oxygen atoms in total. The fourth-order valence-corrected chi connectivity index (χ4v) is 3.45. The van der Waals surface area contributed by atoms with E-state index in [0.29, 0.717) is 0 Å². The number of halogens is 3. The third-order valence-electron chi connectivity index (χ3n) is 2.55. The molecule has 0 aromatic heterocycles. The molecule has 2 aromatic carbocycles. The molecule has 1 unspecified atom stereocenters. The first kappa shape index (κ1) is 13.1. The standard InChI is InChI=1S/C14H11Br2Cl/c15-13-7-6-11(17)9-12(13)14(16)8-10-4-2-1-3-5-10/h1-7,9,14H,8H2. The van der Waals surface area contributed by atoms with Gasteiger partial charge in [-0.2, -0.15) is 0 Å². The maximum Gasteiger partial charge on any atom is 0.0447 e. The maximum absolute atomic E-state index is 6.02. The zero-order chi connectivity index (χ0) is 12.3. The Morgan fingerprint density at radius 3 is 2.47 bits per heavy atom. The SMILES string of the molecule is Clc1ccc(Br)c(C(Br)Cc2ccccc2)c1. The molecule has 0 saturated carbocycles. The Balaban J connectivity index is 2.20. The van der Waals surface area contributed by atoms with Crippen LogP contribution in [0.5, 0.6) is 0 Å². The quantitative estimate of drug-likeness (QED) is 0.597. The maximum atomic E-state index is 6.02. The van der Waals surface area contributed by atoms with Crippen molar-refractivity contribution in [2.75, 3.05) is 0 Å². The molecule has 2 aromatic rings. The van der Waals surface area contributed by atoms with Crippen LogP contribution < -0.4 is 0 Å². The van der Waals surface area contributed by atoms with Gasteiger partial charge >= 0.3 is 0 Å². The topological polar surface area (TPSA) is 0 Å². The van der Waals surface area contributed by atoms with Crippen molar-refractivity contribution in [1.29, 1.82) is 0 Å². The van der Waals surface area contributed by atoms with E-state index in [2.05, 4.69) is 56.1 Å². The summed E-state index contributed by atoms with van der Waals surface area (Å²) < 4.78 is 1.08. The summed E-state index contributed by atoms with van der Waals surface area (Å²) in [4.78, 5) is 0.262. The van der Waals surface area contributed by atoms with Crippen molar-refractivity contribution < 1.29 is 0 Å². The molecular formula is C14H11Br2Cl. The second-order valence-electron chi connectivity index (χ2n) is 3.82. The van der Waals surface area contributed by atoms with E-state index in [0.717, 1.165) is 15.9 Å². The summed E-state index contributed by atoms with van der Waals surface area (Å²) >= 11 is 13.3. The molecule has 0 spiro atoms. The van der Waals surface area contributed by atoms with Gasteiger partial charge in [-0.1, -0.05) is 73.8 Å². The monoisotopic (exact) mass is 372 g/mol. The van der Waals surface area contributed by atoms with Crippen molar-refractivity contribution in [3.63, 3.8) is 0 Å². The first-order valence-corrected chi connectivity index (χ1v) is 7.38. The molecular weight excluding hydrogens is 363 g/mol. The van der Waals surface area contributed by atoms with Gasteiger partial charge in [-0.05, 0) is 35.7 Å². The summed E-state index contributed by atoms with van der Waals surface area (Å²) in [6, 6.07) is 16.3. The van der Waals surface area contributed by atoms with Crippen molar-refractivity contribution in [3.05, 3.63) is 69.2 Å². The van der Waals surface area contributed by atoms with E-state index in [1.165, 1.54) is 11.1 Å².